The first-order valence-corrected chi connectivity index (χ1v) is 32.2. The van der Waals surface area contributed by atoms with Gasteiger partial charge in [0.1, 0.15) is 13.2 Å². The number of hydrogen-bond acceptors (Lipinski definition) is 6. The molecule has 1 atom stereocenters. The highest BCUT2D eigenvalue weighted by Crippen LogP contribution is 2.16. The fraction of sp³-hybridized carbons (Fsp3) is 0.653. The largest absolute Gasteiger partial charge is 0.462 e. The molecule has 78 heavy (non-hydrogen) atoms. The number of ether oxygens (including phenoxy) is 3. The number of hydrogen-bond donors (Lipinski definition) is 0. The molecule has 6 nitrogen and oxygen atoms in total. The summed E-state index contributed by atoms with van der Waals surface area (Å²) in [5, 5.41) is 0. The van der Waals surface area contributed by atoms with Gasteiger partial charge in [-0.1, -0.05) is 289 Å². The summed E-state index contributed by atoms with van der Waals surface area (Å²) in [6.07, 6.45) is 91.7. The monoisotopic (exact) mass is 1080 g/mol. The van der Waals surface area contributed by atoms with Crippen LogP contribution in [0.5, 0.6) is 0 Å². The highest BCUT2D eigenvalue weighted by molar-refractivity contribution is 5.71. The van der Waals surface area contributed by atoms with Crippen molar-refractivity contribution in [1.29, 1.82) is 0 Å². The van der Waals surface area contributed by atoms with Crippen LogP contribution < -0.4 is 0 Å². The van der Waals surface area contributed by atoms with Gasteiger partial charge in [-0.25, -0.2) is 0 Å². The van der Waals surface area contributed by atoms with E-state index >= 15 is 0 Å². The van der Waals surface area contributed by atoms with Gasteiger partial charge in [0.25, 0.3) is 0 Å². The van der Waals surface area contributed by atoms with Crippen molar-refractivity contribution in [1.82, 2.24) is 0 Å². The van der Waals surface area contributed by atoms with Gasteiger partial charge in [0.15, 0.2) is 6.10 Å². The number of esters is 3. The van der Waals surface area contributed by atoms with E-state index in [-0.39, 0.29) is 37.5 Å². The summed E-state index contributed by atoms with van der Waals surface area (Å²) < 4.78 is 16.9. The summed E-state index contributed by atoms with van der Waals surface area (Å²) in [5.74, 6) is -0.966. The lowest BCUT2D eigenvalue weighted by molar-refractivity contribution is -0.167. The van der Waals surface area contributed by atoms with E-state index in [1.54, 1.807) is 0 Å². The van der Waals surface area contributed by atoms with Crippen LogP contribution in [0.4, 0.5) is 0 Å². The topological polar surface area (TPSA) is 78.9 Å². The van der Waals surface area contributed by atoms with Crippen molar-refractivity contribution in [2.24, 2.45) is 0 Å². The van der Waals surface area contributed by atoms with Gasteiger partial charge in [-0.3, -0.25) is 14.4 Å². The van der Waals surface area contributed by atoms with Crippen molar-refractivity contribution in [2.75, 3.05) is 13.2 Å². The summed E-state index contributed by atoms with van der Waals surface area (Å²) in [5.41, 5.74) is 0. The first kappa shape index (κ1) is 73.5. The molecule has 1 unspecified atom stereocenters. The fourth-order valence-electron chi connectivity index (χ4n) is 8.66. The molecule has 0 heterocycles. The van der Waals surface area contributed by atoms with Crippen molar-refractivity contribution in [2.45, 2.75) is 290 Å². The van der Waals surface area contributed by atoms with Crippen LogP contribution in [0.25, 0.3) is 0 Å². The second kappa shape index (κ2) is 65.1. The Morgan fingerprint density at radius 3 is 0.833 bits per heavy atom. The van der Waals surface area contributed by atoms with Crippen LogP contribution >= 0.6 is 0 Å². The van der Waals surface area contributed by atoms with Crippen LogP contribution in [-0.4, -0.2) is 37.2 Å². The average molecular weight is 1080 g/mol. The quantitative estimate of drug-likeness (QED) is 0.0261. The molecule has 0 aromatic carbocycles. The third kappa shape index (κ3) is 62.4. The van der Waals surface area contributed by atoms with Crippen LogP contribution in [0.1, 0.15) is 284 Å². The predicted octanol–water partition coefficient (Wildman–Crippen LogP) is 22.2. The minimum Gasteiger partial charge on any atom is -0.462 e. The SMILES string of the molecule is CC/C=C\C/C=C\C/C=C\C/C=C\C/C=C\C/C=C\C/C=C\CCCC(=O)OCC(COC(=O)CCCCCCCCCCCCCCCCCC)OC(=O)CCCCCCCCCC/C=C\C/C=C\C/C=C\C/C=C\CC. The molecule has 0 aliphatic heterocycles. The maximum absolute atomic E-state index is 12.9. The smallest absolute Gasteiger partial charge is 0.306 e. The second-order valence-corrected chi connectivity index (χ2v) is 20.9. The minimum absolute atomic E-state index is 0.101. The number of carbonyl (C=O) groups is 3. The molecule has 0 bridgehead atoms. The van der Waals surface area contributed by atoms with E-state index < -0.39 is 6.10 Å². The van der Waals surface area contributed by atoms with Gasteiger partial charge in [0.2, 0.25) is 0 Å². The summed E-state index contributed by atoms with van der Waals surface area (Å²) in [6, 6.07) is 0. The number of carbonyl (C=O) groups excluding carboxylic acids is 3. The van der Waals surface area contributed by atoms with E-state index in [0.29, 0.717) is 19.3 Å². The Morgan fingerprint density at radius 2 is 0.513 bits per heavy atom. The molecule has 0 saturated heterocycles. The highest BCUT2D eigenvalue weighted by Gasteiger charge is 2.19. The minimum atomic E-state index is -0.811. The van der Waals surface area contributed by atoms with Gasteiger partial charge in [-0.15, -0.1) is 0 Å². The van der Waals surface area contributed by atoms with Crippen molar-refractivity contribution in [3.05, 3.63) is 134 Å². The van der Waals surface area contributed by atoms with E-state index in [9.17, 15) is 14.4 Å². The maximum atomic E-state index is 12.9. The standard InChI is InChI=1S/C72H118O6/c1-4-7-10-13-16-19-22-25-28-31-33-35-36-38-39-41-44-47-50-53-56-59-62-65-71(74)77-68-69(67-76-70(73)64-61-58-55-52-49-46-43-30-27-24-21-18-15-12-9-6-3)78-72(75)66-63-60-57-54-51-48-45-42-40-37-34-32-29-26-23-20-17-14-11-8-5-2/h7-8,10-11,16-17,19-20,25-26,28-29,33-35,37-39,44,47,53,56,69H,4-6,9,12-15,18,21-24,27,30-32,36,40-43,45-46,48-52,54-55,57-68H2,1-3H3/b10-7-,11-8-,19-16-,20-17-,28-25-,29-26-,35-33-,37-34-,39-38-,47-44-,56-53-. The van der Waals surface area contributed by atoms with Crippen molar-refractivity contribution >= 4 is 17.9 Å². The van der Waals surface area contributed by atoms with Gasteiger partial charge < -0.3 is 14.2 Å². The fourth-order valence-corrected chi connectivity index (χ4v) is 8.66. The second-order valence-electron chi connectivity index (χ2n) is 20.9. The van der Waals surface area contributed by atoms with Crippen LogP contribution in [0.15, 0.2) is 134 Å². The molecule has 0 aromatic rings. The molecule has 0 saturated carbocycles. The van der Waals surface area contributed by atoms with E-state index in [2.05, 4.69) is 154 Å². The Hall–Kier alpha value is -4.45. The Bertz CT molecular complexity index is 1670. The van der Waals surface area contributed by atoms with Crippen LogP contribution in [0, 0.1) is 0 Å². The first-order valence-electron chi connectivity index (χ1n) is 32.2. The van der Waals surface area contributed by atoms with Gasteiger partial charge in [-0.05, 0) is 109 Å². The zero-order chi connectivity index (χ0) is 56.4. The molecule has 0 amide bonds. The van der Waals surface area contributed by atoms with Gasteiger partial charge in [-0.2, -0.15) is 0 Å². The third-order valence-corrected chi connectivity index (χ3v) is 13.4. The molecule has 0 aliphatic carbocycles. The van der Waals surface area contributed by atoms with Crippen molar-refractivity contribution < 1.29 is 28.6 Å². The first-order chi connectivity index (χ1) is 38.5. The zero-order valence-electron chi connectivity index (χ0n) is 50.6. The molecular formula is C72H118O6. The Labute approximate surface area is 481 Å². The van der Waals surface area contributed by atoms with Gasteiger partial charge >= 0.3 is 17.9 Å². The normalized spacial score (nSPS) is 13.0. The number of unbranched alkanes of at least 4 members (excludes halogenated alkanes) is 24. The molecule has 0 fully saturated rings. The molecular weight excluding hydrogens is 961 g/mol. The van der Waals surface area contributed by atoms with E-state index in [4.69, 9.17) is 14.2 Å². The number of allylic oxidation sites excluding steroid dienone is 22. The van der Waals surface area contributed by atoms with E-state index in [1.807, 2.05) is 0 Å². The maximum Gasteiger partial charge on any atom is 0.306 e. The van der Waals surface area contributed by atoms with Crippen molar-refractivity contribution in [3.63, 3.8) is 0 Å². The Balaban J connectivity index is 4.50. The molecule has 0 N–H and O–H groups in total. The van der Waals surface area contributed by atoms with Gasteiger partial charge in [0, 0.05) is 19.3 Å². The van der Waals surface area contributed by atoms with E-state index in [0.717, 1.165) is 122 Å². The van der Waals surface area contributed by atoms with Crippen LogP contribution in [-0.2, 0) is 28.6 Å². The van der Waals surface area contributed by atoms with Gasteiger partial charge in [0.05, 0.1) is 0 Å². The summed E-state index contributed by atoms with van der Waals surface area (Å²) in [7, 11) is 0. The van der Waals surface area contributed by atoms with Crippen LogP contribution in [0.3, 0.4) is 0 Å². The summed E-state index contributed by atoms with van der Waals surface area (Å²) >= 11 is 0. The third-order valence-electron chi connectivity index (χ3n) is 13.4. The molecule has 0 spiro atoms. The molecule has 0 rings (SSSR count). The van der Waals surface area contributed by atoms with Crippen molar-refractivity contribution in [3.8, 4) is 0 Å². The molecule has 0 aromatic heterocycles. The lowest BCUT2D eigenvalue weighted by Crippen LogP contribution is -2.30. The Morgan fingerprint density at radius 1 is 0.269 bits per heavy atom. The molecule has 0 radical (unpaired) electrons. The van der Waals surface area contributed by atoms with E-state index in [1.165, 1.54) is 116 Å². The highest BCUT2D eigenvalue weighted by atomic mass is 16.6. The molecule has 6 heteroatoms. The van der Waals surface area contributed by atoms with Crippen LogP contribution in [0.2, 0.25) is 0 Å². The average Bonchev–Trinajstić information content (AvgIpc) is 3.44. The summed E-state index contributed by atoms with van der Waals surface area (Å²) in [6.45, 7) is 6.38. The lowest BCUT2D eigenvalue weighted by Gasteiger charge is -2.18. The zero-order valence-corrected chi connectivity index (χ0v) is 50.6. The molecule has 0 aliphatic rings. The lowest BCUT2D eigenvalue weighted by atomic mass is 10.0. The molecule has 442 valence electrons. The predicted molar refractivity (Wildman–Crippen MR) is 339 cm³/mol. The summed E-state index contributed by atoms with van der Waals surface area (Å²) in [4.78, 5) is 38.3. The Kier molecular flexibility index (Phi) is 61.4. The number of rotatable bonds is 57.